The summed E-state index contributed by atoms with van der Waals surface area (Å²) in [6.45, 7) is 7.70. The fourth-order valence-corrected chi connectivity index (χ4v) is 6.11. The number of benzene rings is 1. The summed E-state index contributed by atoms with van der Waals surface area (Å²) >= 11 is 1.16. The number of morpholine rings is 1. The summed E-state index contributed by atoms with van der Waals surface area (Å²) in [4.78, 5) is 13.3. The third kappa shape index (κ3) is 4.63. The van der Waals surface area contributed by atoms with E-state index in [1.807, 2.05) is 25.1 Å². The number of thiophene rings is 1. The molecule has 1 aliphatic heterocycles. The number of carbonyl (C=O) groups excluding carboxylic acids is 1. The molecule has 1 aromatic carbocycles. The van der Waals surface area contributed by atoms with Crippen LogP contribution in [0, 0.1) is 6.92 Å². The minimum atomic E-state index is -3.52. The Bertz CT molecular complexity index is 945. The van der Waals surface area contributed by atoms with E-state index in [9.17, 15) is 13.2 Å². The van der Waals surface area contributed by atoms with Gasteiger partial charge in [-0.05, 0) is 36.1 Å². The summed E-state index contributed by atoms with van der Waals surface area (Å²) in [7, 11) is -3.52. The highest BCUT2D eigenvalue weighted by Gasteiger charge is 2.28. The first-order chi connectivity index (χ1) is 13.3. The van der Waals surface area contributed by atoms with Gasteiger partial charge in [0, 0.05) is 23.7 Å². The molecule has 0 saturated carbocycles. The maximum Gasteiger partial charge on any atom is 0.252 e. The average Bonchev–Trinajstić information content (AvgIpc) is 3.13. The predicted octanol–water partition coefficient (Wildman–Crippen LogP) is 3.38. The van der Waals surface area contributed by atoms with E-state index in [0.717, 1.165) is 33.0 Å². The number of hydrogen-bond acceptors (Lipinski definition) is 5. The summed E-state index contributed by atoms with van der Waals surface area (Å²) in [6, 6.07) is 9.29. The standard InChI is InChI=1S/C20H26N2O4S2/c1-14(2)17-6-4-5-15(3)20(17)21-18(23)13-16-7-8-19(27-16)28(24,25)22-9-11-26-12-10-22/h4-8,14H,9-13H2,1-3H3,(H,21,23). The second kappa shape index (κ2) is 8.73. The molecular formula is C20H26N2O4S2. The van der Waals surface area contributed by atoms with Crippen molar-refractivity contribution in [1.29, 1.82) is 0 Å². The third-order valence-electron chi connectivity index (χ3n) is 4.73. The van der Waals surface area contributed by atoms with Crippen molar-refractivity contribution in [1.82, 2.24) is 4.31 Å². The summed E-state index contributed by atoms with van der Waals surface area (Å²) in [5.41, 5.74) is 2.96. The number of sulfonamides is 1. The average molecular weight is 423 g/mol. The van der Waals surface area contributed by atoms with Gasteiger partial charge in [0.2, 0.25) is 5.91 Å². The van der Waals surface area contributed by atoms with Crippen LogP contribution in [-0.4, -0.2) is 44.9 Å². The van der Waals surface area contributed by atoms with Gasteiger partial charge in [-0.15, -0.1) is 11.3 Å². The Balaban J connectivity index is 1.71. The van der Waals surface area contributed by atoms with Crippen molar-refractivity contribution in [3.63, 3.8) is 0 Å². The van der Waals surface area contributed by atoms with Gasteiger partial charge in [0.25, 0.3) is 10.0 Å². The largest absolute Gasteiger partial charge is 0.379 e. The van der Waals surface area contributed by atoms with Crippen LogP contribution in [0.2, 0.25) is 0 Å². The monoisotopic (exact) mass is 422 g/mol. The number of anilines is 1. The molecule has 0 bridgehead atoms. The number of ether oxygens (including phenoxy) is 1. The Morgan fingerprint density at radius 3 is 2.61 bits per heavy atom. The Labute approximate surface area is 170 Å². The Kier molecular flexibility index (Phi) is 6.54. The lowest BCUT2D eigenvalue weighted by molar-refractivity contribution is -0.115. The molecule has 8 heteroatoms. The number of rotatable bonds is 6. The Hall–Kier alpha value is -1.74. The van der Waals surface area contributed by atoms with Crippen LogP contribution in [0.15, 0.2) is 34.5 Å². The number of nitrogens with one attached hydrogen (secondary N) is 1. The predicted molar refractivity (Wildman–Crippen MR) is 111 cm³/mol. The van der Waals surface area contributed by atoms with Crippen molar-refractivity contribution in [2.24, 2.45) is 0 Å². The van der Waals surface area contributed by atoms with Crippen molar-refractivity contribution < 1.29 is 17.9 Å². The molecule has 1 aromatic heterocycles. The van der Waals surface area contributed by atoms with E-state index in [4.69, 9.17) is 4.74 Å². The van der Waals surface area contributed by atoms with Gasteiger partial charge in [0.1, 0.15) is 4.21 Å². The van der Waals surface area contributed by atoms with Gasteiger partial charge in [0.15, 0.2) is 0 Å². The van der Waals surface area contributed by atoms with E-state index in [2.05, 4.69) is 19.2 Å². The first-order valence-corrected chi connectivity index (χ1v) is 11.6. The lowest BCUT2D eigenvalue weighted by Crippen LogP contribution is -2.40. The molecule has 152 valence electrons. The van der Waals surface area contributed by atoms with Crippen LogP contribution in [-0.2, 0) is 26.0 Å². The zero-order valence-electron chi connectivity index (χ0n) is 16.4. The van der Waals surface area contributed by atoms with Gasteiger partial charge < -0.3 is 10.1 Å². The molecule has 1 fully saturated rings. The SMILES string of the molecule is Cc1cccc(C(C)C)c1NC(=O)Cc1ccc(S(=O)(=O)N2CCOCC2)s1. The summed E-state index contributed by atoms with van der Waals surface area (Å²) < 4.78 is 32.4. The van der Waals surface area contributed by atoms with Gasteiger partial charge in [-0.2, -0.15) is 4.31 Å². The fraction of sp³-hybridized carbons (Fsp3) is 0.450. The van der Waals surface area contributed by atoms with Gasteiger partial charge >= 0.3 is 0 Å². The van der Waals surface area contributed by atoms with Crippen molar-refractivity contribution in [3.05, 3.63) is 46.3 Å². The van der Waals surface area contributed by atoms with Gasteiger partial charge in [-0.25, -0.2) is 8.42 Å². The van der Waals surface area contributed by atoms with Crippen molar-refractivity contribution in [2.75, 3.05) is 31.6 Å². The van der Waals surface area contributed by atoms with Gasteiger partial charge in [-0.3, -0.25) is 4.79 Å². The molecule has 0 unspecified atom stereocenters. The van der Waals surface area contributed by atoms with E-state index in [-0.39, 0.29) is 16.5 Å². The van der Waals surface area contributed by atoms with E-state index >= 15 is 0 Å². The van der Waals surface area contributed by atoms with Gasteiger partial charge in [0.05, 0.1) is 19.6 Å². The number of nitrogens with zero attached hydrogens (tertiary/aromatic N) is 1. The topological polar surface area (TPSA) is 75.7 Å². The molecule has 1 N–H and O–H groups in total. The highest BCUT2D eigenvalue weighted by molar-refractivity contribution is 7.91. The molecule has 0 aliphatic carbocycles. The van der Waals surface area contributed by atoms with Crippen molar-refractivity contribution >= 4 is 33.0 Å². The number of carbonyl (C=O) groups is 1. The van der Waals surface area contributed by atoms with E-state index in [0.29, 0.717) is 32.2 Å². The molecule has 0 spiro atoms. The second-order valence-electron chi connectivity index (χ2n) is 7.16. The van der Waals surface area contributed by atoms with Crippen LogP contribution < -0.4 is 5.32 Å². The Morgan fingerprint density at radius 1 is 1.21 bits per heavy atom. The van der Waals surface area contributed by atoms with Crippen LogP contribution in [0.1, 0.15) is 35.8 Å². The fourth-order valence-electron chi connectivity index (χ4n) is 3.19. The lowest BCUT2D eigenvalue weighted by Gasteiger charge is -2.25. The lowest BCUT2D eigenvalue weighted by atomic mass is 9.98. The van der Waals surface area contributed by atoms with E-state index in [1.165, 1.54) is 4.31 Å². The molecule has 2 aromatic rings. The van der Waals surface area contributed by atoms with Gasteiger partial charge in [-0.1, -0.05) is 32.0 Å². The maximum absolute atomic E-state index is 12.7. The van der Waals surface area contributed by atoms with Crippen molar-refractivity contribution in [2.45, 2.75) is 37.3 Å². The Morgan fingerprint density at radius 2 is 1.93 bits per heavy atom. The minimum Gasteiger partial charge on any atom is -0.379 e. The molecule has 3 rings (SSSR count). The van der Waals surface area contributed by atoms with Crippen LogP contribution in [0.5, 0.6) is 0 Å². The molecule has 28 heavy (non-hydrogen) atoms. The highest BCUT2D eigenvalue weighted by atomic mass is 32.2. The molecule has 2 heterocycles. The highest BCUT2D eigenvalue weighted by Crippen LogP contribution is 2.29. The zero-order valence-corrected chi connectivity index (χ0v) is 18.0. The van der Waals surface area contributed by atoms with E-state index in [1.54, 1.807) is 12.1 Å². The third-order valence-corrected chi connectivity index (χ3v) is 8.18. The summed E-state index contributed by atoms with van der Waals surface area (Å²) in [6.07, 6.45) is 0.148. The number of para-hydroxylation sites is 1. The minimum absolute atomic E-state index is 0.145. The quantitative estimate of drug-likeness (QED) is 0.774. The van der Waals surface area contributed by atoms with Crippen LogP contribution >= 0.6 is 11.3 Å². The maximum atomic E-state index is 12.7. The molecule has 1 saturated heterocycles. The normalized spacial score (nSPS) is 15.7. The summed E-state index contributed by atoms with van der Waals surface area (Å²) in [5, 5.41) is 3.01. The molecule has 0 atom stereocenters. The van der Waals surface area contributed by atoms with Crippen molar-refractivity contribution in [3.8, 4) is 0 Å². The smallest absolute Gasteiger partial charge is 0.252 e. The first-order valence-electron chi connectivity index (χ1n) is 9.35. The number of hydrogen-bond donors (Lipinski definition) is 1. The van der Waals surface area contributed by atoms with E-state index < -0.39 is 10.0 Å². The molecular weight excluding hydrogens is 396 g/mol. The molecule has 6 nitrogen and oxygen atoms in total. The zero-order chi connectivity index (χ0) is 20.3. The molecule has 0 radical (unpaired) electrons. The molecule has 1 aliphatic rings. The second-order valence-corrected chi connectivity index (χ2v) is 10.5. The van der Waals surface area contributed by atoms with Crippen LogP contribution in [0.3, 0.4) is 0 Å². The summed E-state index contributed by atoms with van der Waals surface area (Å²) in [5.74, 6) is 0.149. The van der Waals surface area contributed by atoms with Crippen LogP contribution in [0.4, 0.5) is 5.69 Å². The van der Waals surface area contributed by atoms with Crippen LogP contribution in [0.25, 0.3) is 0 Å². The first kappa shape index (κ1) is 21.0. The number of aryl methyl sites for hydroxylation is 1. The molecule has 1 amide bonds. The number of amides is 1.